The molecule has 0 bridgehead atoms. The monoisotopic (exact) mass is 711 g/mol. The summed E-state index contributed by atoms with van der Waals surface area (Å²) in [4.78, 5) is 41.1. The van der Waals surface area contributed by atoms with Crippen LogP contribution >= 0.6 is 11.6 Å². The van der Waals surface area contributed by atoms with Crippen LogP contribution in [-0.4, -0.2) is 55.5 Å². The second-order valence-electron chi connectivity index (χ2n) is 11.7. The van der Waals surface area contributed by atoms with Crippen LogP contribution in [0.4, 0.5) is 10.3 Å². The Morgan fingerprint density at radius 3 is 1.70 bits per heavy atom. The molecule has 16 heteroatoms. The summed E-state index contributed by atoms with van der Waals surface area (Å²) in [6.07, 6.45) is 6.75. The average molecular weight is 712 g/mol. The molecule has 0 saturated carbocycles. The molecule has 270 valence electrons. The predicted octanol–water partition coefficient (Wildman–Crippen LogP) is 5.14. The van der Waals surface area contributed by atoms with E-state index in [1.165, 1.54) is 25.4 Å². The lowest BCUT2D eigenvalue weighted by atomic mass is 10.2. The van der Waals surface area contributed by atoms with E-state index in [1.807, 2.05) is 78.2 Å². The highest BCUT2D eigenvalue weighted by atomic mass is 35.5. The molecule has 0 aliphatic carbocycles. The molecule has 0 aliphatic heterocycles. The van der Waals surface area contributed by atoms with Crippen molar-refractivity contribution in [3.63, 3.8) is 0 Å². The Balaban J connectivity index is 0.000000276. The van der Waals surface area contributed by atoms with Crippen molar-refractivity contribution in [3.05, 3.63) is 109 Å². The van der Waals surface area contributed by atoms with Crippen molar-refractivity contribution in [2.24, 2.45) is 19.8 Å². The van der Waals surface area contributed by atoms with Gasteiger partial charge in [0.25, 0.3) is 11.1 Å². The van der Waals surface area contributed by atoms with Gasteiger partial charge in [-0.25, -0.2) is 19.0 Å². The molecule has 6 aromatic heterocycles. The minimum atomic E-state index is -1.00. The van der Waals surface area contributed by atoms with Crippen molar-refractivity contribution in [2.75, 3.05) is 12.5 Å². The fourth-order valence-corrected chi connectivity index (χ4v) is 4.54. The number of aromatic nitrogens is 10. The molecule has 0 unspecified atom stereocenters. The number of hydrogen-bond donors (Lipinski definition) is 2. The van der Waals surface area contributed by atoms with Gasteiger partial charge >= 0.3 is 0 Å². The maximum Gasteiger partial charge on any atom is 0.280 e. The average Bonchev–Trinajstić information content (AvgIpc) is 3.72. The summed E-state index contributed by atoms with van der Waals surface area (Å²) in [7, 11) is 2.28. The minimum absolute atomic E-state index is 0. The number of nitrogens with one attached hydrogen (secondary N) is 1. The molecule has 14 nitrogen and oxygen atoms in total. The third-order valence-electron chi connectivity index (χ3n) is 7.16. The molecule has 6 heterocycles. The summed E-state index contributed by atoms with van der Waals surface area (Å²) in [5.74, 6) is 2.38. The highest BCUT2D eigenvalue weighted by Gasteiger charge is 2.15. The molecule has 0 radical (unpaired) electrons. The Morgan fingerprint density at radius 1 is 0.800 bits per heavy atom. The van der Waals surface area contributed by atoms with Crippen molar-refractivity contribution >= 4 is 28.6 Å². The van der Waals surface area contributed by atoms with E-state index in [0.29, 0.717) is 30.1 Å². The zero-order valence-corrected chi connectivity index (χ0v) is 29.8. The van der Waals surface area contributed by atoms with Crippen LogP contribution in [0.5, 0.6) is 0 Å². The van der Waals surface area contributed by atoms with E-state index >= 15 is 0 Å². The molecule has 0 atom stereocenters. The molecule has 50 heavy (non-hydrogen) atoms. The standard InChI is InChI=1S/C16H20N6O.C9H11ClN4O.C7H10N2.CH3F.CH4/c1-10(2)14-18-9-13-15(23)21(4)16(20-22(13)14)19-8-12-6-5-11(3)7-17-12;1-5(2)7-11-4-6-8(15)13(3)9(10)12-14(6)7;1-6-2-3-7(4-8)9-5-6;1-2;/h5-7,9-10H,8H2,1-4H3,(H,19,20);4-5H,1-3H3;2-3,5H,4,8H2,1H3;1H3;1H4/i;;;1D;. The Hall–Kier alpha value is -5.02. The van der Waals surface area contributed by atoms with Crippen LogP contribution in [0.3, 0.4) is 0 Å². The molecule has 0 spiro atoms. The molecule has 6 rings (SSSR count). The summed E-state index contributed by atoms with van der Waals surface area (Å²) < 4.78 is 21.4. The number of rotatable bonds is 6. The number of pyridine rings is 2. The van der Waals surface area contributed by atoms with Gasteiger partial charge in [0.1, 0.15) is 11.6 Å². The van der Waals surface area contributed by atoms with Gasteiger partial charge in [-0.1, -0.05) is 47.3 Å². The normalized spacial score (nSPS) is 10.8. The summed E-state index contributed by atoms with van der Waals surface area (Å²) >= 11 is 5.83. The third kappa shape index (κ3) is 9.79. The number of nitrogens with two attached hydrogens (primary N) is 1. The molecule has 0 saturated heterocycles. The van der Waals surface area contributed by atoms with Crippen molar-refractivity contribution in [1.29, 1.82) is 0 Å². The molecule has 0 aromatic carbocycles. The first-order valence-electron chi connectivity index (χ1n) is 16.1. The van der Waals surface area contributed by atoms with E-state index in [2.05, 4.69) is 35.5 Å². The van der Waals surface area contributed by atoms with Crippen molar-refractivity contribution < 1.29 is 5.76 Å². The fourth-order valence-electron chi connectivity index (χ4n) is 4.39. The fraction of sp³-hybridized carbons (Fsp3) is 0.412. The van der Waals surface area contributed by atoms with Gasteiger partial charge in [0.15, 0.2) is 11.0 Å². The van der Waals surface area contributed by atoms with Gasteiger partial charge in [0.2, 0.25) is 11.2 Å². The first kappa shape index (κ1) is 39.4. The Kier molecular flexibility index (Phi) is 14.7. The lowest BCUT2D eigenvalue weighted by molar-refractivity contribution is 0.636. The number of anilines is 1. The van der Waals surface area contributed by atoms with E-state index in [0.717, 1.165) is 28.6 Å². The number of halogens is 2. The first-order chi connectivity index (χ1) is 23.7. The number of imidazole rings is 2. The smallest absolute Gasteiger partial charge is 0.280 e. The number of nitrogens with zero attached hydrogens (tertiary/aromatic N) is 10. The topological polar surface area (TPSA) is 168 Å². The maximum absolute atomic E-state index is 12.4. The number of hydrogen-bond acceptors (Lipinski definition) is 10. The van der Waals surface area contributed by atoms with Crippen molar-refractivity contribution in [1.82, 2.24) is 48.3 Å². The minimum Gasteiger partial charge on any atom is -0.349 e. The van der Waals surface area contributed by atoms with E-state index in [9.17, 15) is 14.0 Å². The van der Waals surface area contributed by atoms with Crippen molar-refractivity contribution in [3.8, 4) is 0 Å². The predicted molar refractivity (Wildman–Crippen MR) is 197 cm³/mol. The second-order valence-corrected chi connectivity index (χ2v) is 12.0. The van der Waals surface area contributed by atoms with Crippen LogP contribution in [0, 0.1) is 13.8 Å². The number of fused-ring (bicyclic) bond motifs is 2. The number of aryl methyl sites for hydroxylation is 2. The van der Waals surface area contributed by atoms with E-state index in [-0.39, 0.29) is 35.7 Å². The molecule has 3 N–H and O–H groups in total. The highest BCUT2D eigenvalue weighted by Crippen LogP contribution is 2.15. The SMILES string of the molecule is C.CC(C)c1ncc2c(=O)n(C)c(Cl)nn12.Cc1ccc(CN)nc1.Cc1ccc(CNc2nn3c(C(C)C)ncc3c(=O)n2C)nc1.[2H]CF. The molecule has 0 fully saturated rings. The summed E-state index contributed by atoms with van der Waals surface area (Å²) in [6.45, 7) is 13.1. The van der Waals surface area contributed by atoms with Crippen LogP contribution in [0.15, 0.2) is 58.6 Å². The van der Waals surface area contributed by atoms with Gasteiger partial charge in [-0.3, -0.25) is 33.1 Å². The first-order valence-corrected chi connectivity index (χ1v) is 15.8. The molecule has 0 aliphatic rings. The molecule has 0 amide bonds. The zero-order valence-electron chi connectivity index (χ0n) is 30.0. The highest BCUT2D eigenvalue weighted by molar-refractivity contribution is 6.28. The van der Waals surface area contributed by atoms with Gasteiger partial charge in [-0.2, -0.15) is 0 Å². The molecular weight excluding hydrogens is 663 g/mol. The van der Waals surface area contributed by atoms with E-state index in [4.69, 9.17) is 18.7 Å². The van der Waals surface area contributed by atoms with E-state index < -0.39 is 7.15 Å². The Bertz CT molecular complexity index is 2110. The number of alkyl halides is 1. The summed E-state index contributed by atoms with van der Waals surface area (Å²) in [6, 6.07) is 7.91. The molecule has 6 aromatic rings. The quantitative estimate of drug-likeness (QED) is 0.236. The largest absolute Gasteiger partial charge is 0.349 e. The van der Waals surface area contributed by atoms with Gasteiger partial charge in [-0.15, -0.1) is 10.2 Å². The van der Waals surface area contributed by atoms with Gasteiger partial charge in [-0.05, 0) is 48.7 Å². The van der Waals surface area contributed by atoms with Gasteiger partial charge < -0.3 is 11.1 Å². The Labute approximate surface area is 297 Å². The van der Waals surface area contributed by atoms with Crippen LogP contribution in [0.25, 0.3) is 11.0 Å². The van der Waals surface area contributed by atoms with Crippen LogP contribution in [0.1, 0.15) is 82.5 Å². The van der Waals surface area contributed by atoms with Crippen LogP contribution in [0.2, 0.25) is 5.28 Å². The molecular formula is C34H48ClFN12O2. The lowest BCUT2D eigenvalue weighted by Crippen LogP contribution is -2.25. The zero-order chi connectivity index (χ0) is 37.1. The Morgan fingerprint density at radius 2 is 1.26 bits per heavy atom. The second kappa shape index (κ2) is 18.7. The van der Waals surface area contributed by atoms with Crippen LogP contribution in [-0.2, 0) is 27.2 Å². The van der Waals surface area contributed by atoms with Gasteiger partial charge in [0, 0.05) is 44.9 Å². The van der Waals surface area contributed by atoms with E-state index in [1.54, 1.807) is 24.8 Å². The van der Waals surface area contributed by atoms with Crippen molar-refractivity contribution in [2.45, 2.75) is 73.9 Å². The summed E-state index contributed by atoms with van der Waals surface area (Å²) in [5, 5.41) is 12.0. The lowest BCUT2D eigenvalue weighted by Gasteiger charge is -2.11. The van der Waals surface area contributed by atoms with Gasteiger partial charge in [0.05, 0.1) is 38.9 Å². The third-order valence-corrected chi connectivity index (χ3v) is 7.49. The maximum atomic E-state index is 12.4. The summed E-state index contributed by atoms with van der Waals surface area (Å²) in [5.41, 5.74) is 10.1. The van der Waals surface area contributed by atoms with Crippen LogP contribution < -0.4 is 22.2 Å².